The first-order chi connectivity index (χ1) is 13.2. The first-order valence-corrected chi connectivity index (χ1v) is 9.46. The molecule has 2 heterocycles. The van der Waals surface area contributed by atoms with Gasteiger partial charge in [0.15, 0.2) is 0 Å². The number of rotatable bonds is 4. The van der Waals surface area contributed by atoms with Crippen molar-refractivity contribution in [3.8, 4) is 0 Å². The highest BCUT2D eigenvalue weighted by atomic mass is 35.5. The van der Waals surface area contributed by atoms with Crippen LogP contribution in [0.15, 0.2) is 66.9 Å². The Morgan fingerprint density at radius 1 is 0.889 bits per heavy atom. The average Bonchev–Trinajstić information content (AvgIpc) is 2.74. The lowest BCUT2D eigenvalue weighted by Crippen LogP contribution is -2.47. The van der Waals surface area contributed by atoms with Crippen LogP contribution in [0.4, 0.5) is 23.1 Å². The fourth-order valence-corrected chi connectivity index (χ4v) is 3.48. The zero-order chi connectivity index (χ0) is 18.6. The third-order valence-electron chi connectivity index (χ3n) is 4.85. The molecule has 0 saturated carbocycles. The van der Waals surface area contributed by atoms with Crippen LogP contribution in [-0.4, -0.2) is 43.2 Å². The van der Waals surface area contributed by atoms with E-state index in [4.69, 9.17) is 16.6 Å². The standard InChI is InChI=1S/C21H22ClN5/c1-25(18-7-3-2-4-8-18)20-10-11-23-21(24-20)27-14-12-26(13-15-27)19-9-5-6-17(22)16-19/h2-11,16H,12-15H2,1H3. The molecule has 1 saturated heterocycles. The minimum atomic E-state index is 0.773. The van der Waals surface area contributed by atoms with Crippen molar-refractivity contribution in [3.63, 3.8) is 0 Å². The number of hydrogen-bond donors (Lipinski definition) is 0. The molecule has 2 aromatic carbocycles. The van der Waals surface area contributed by atoms with Crippen molar-refractivity contribution in [2.24, 2.45) is 0 Å². The lowest BCUT2D eigenvalue weighted by atomic mass is 10.2. The number of halogens is 1. The summed E-state index contributed by atoms with van der Waals surface area (Å²) in [4.78, 5) is 16.0. The number of para-hydroxylation sites is 1. The Morgan fingerprint density at radius 3 is 2.37 bits per heavy atom. The van der Waals surface area contributed by atoms with Gasteiger partial charge in [-0.3, -0.25) is 0 Å². The van der Waals surface area contributed by atoms with E-state index < -0.39 is 0 Å². The smallest absolute Gasteiger partial charge is 0.227 e. The molecule has 1 aromatic heterocycles. The van der Waals surface area contributed by atoms with Gasteiger partial charge in [0.1, 0.15) is 5.82 Å². The molecule has 0 N–H and O–H groups in total. The maximum atomic E-state index is 6.12. The summed E-state index contributed by atoms with van der Waals surface area (Å²) in [5.74, 6) is 1.67. The molecule has 0 unspecified atom stereocenters. The van der Waals surface area contributed by atoms with E-state index >= 15 is 0 Å². The maximum Gasteiger partial charge on any atom is 0.227 e. The van der Waals surface area contributed by atoms with Crippen molar-refractivity contribution in [1.82, 2.24) is 9.97 Å². The summed E-state index contributed by atoms with van der Waals surface area (Å²) in [6, 6.07) is 20.2. The summed E-state index contributed by atoms with van der Waals surface area (Å²) in [5.41, 5.74) is 2.27. The van der Waals surface area contributed by atoms with Crippen LogP contribution >= 0.6 is 11.6 Å². The maximum absolute atomic E-state index is 6.12. The lowest BCUT2D eigenvalue weighted by Gasteiger charge is -2.36. The molecule has 0 aliphatic carbocycles. The van der Waals surface area contributed by atoms with Crippen molar-refractivity contribution in [1.29, 1.82) is 0 Å². The molecule has 5 nitrogen and oxygen atoms in total. The molecular formula is C21H22ClN5. The first kappa shape index (κ1) is 17.6. The Bertz CT molecular complexity index is 894. The van der Waals surface area contributed by atoms with Crippen molar-refractivity contribution in [3.05, 3.63) is 71.9 Å². The molecule has 138 valence electrons. The van der Waals surface area contributed by atoms with Crippen molar-refractivity contribution < 1.29 is 0 Å². The molecule has 1 aliphatic rings. The normalized spacial score (nSPS) is 14.3. The third kappa shape index (κ3) is 3.98. The van der Waals surface area contributed by atoms with E-state index in [-0.39, 0.29) is 0 Å². The van der Waals surface area contributed by atoms with E-state index in [0.29, 0.717) is 0 Å². The van der Waals surface area contributed by atoms with Gasteiger partial charge in [0.25, 0.3) is 0 Å². The topological polar surface area (TPSA) is 35.5 Å². The van der Waals surface area contributed by atoms with Crippen molar-refractivity contribution in [2.45, 2.75) is 0 Å². The molecule has 4 rings (SSSR count). The van der Waals surface area contributed by atoms with Gasteiger partial charge >= 0.3 is 0 Å². The Morgan fingerprint density at radius 2 is 1.63 bits per heavy atom. The fraction of sp³-hybridized carbons (Fsp3) is 0.238. The largest absolute Gasteiger partial charge is 0.368 e. The van der Waals surface area contributed by atoms with Crippen LogP contribution in [0.1, 0.15) is 0 Å². The second-order valence-corrected chi connectivity index (χ2v) is 7.00. The SMILES string of the molecule is CN(c1ccccc1)c1ccnc(N2CCN(c3cccc(Cl)c3)CC2)n1. The Hall–Kier alpha value is -2.79. The van der Waals surface area contributed by atoms with Gasteiger partial charge in [-0.25, -0.2) is 4.98 Å². The zero-order valence-electron chi connectivity index (χ0n) is 15.3. The highest BCUT2D eigenvalue weighted by molar-refractivity contribution is 6.30. The van der Waals surface area contributed by atoms with Gasteiger partial charge in [0, 0.05) is 55.8 Å². The van der Waals surface area contributed by atoms with Gasteiger partial charge in [-0.2, -0.15) is 4.98 Å². The van der Waals surface area contributed by atoms with Crippen LogP contribution < -0.4 is 14.7 Å². The Balaban J connectivity index is 1.46. The van der Waals surface area contributed by atoms with Gasteiger partial charge in [-0.15, -0.1) is 0 Å². The third-order valence-corrected chi connectivity index (χ3v) is 5.09. The molecule has 0 spiro atoms. The summed E-state index contributed by atoms with van der Waals surface area (Å²) < 4.78 is 0. The monoisotopic (exact) mass is 379 g/mol. The number of piperazine rings is 1. The molecule has 0 atom stereocenters. The van der Waals surface area contributed by atoms with Gasteiger partial charge in [0.2, 0.25) is 5.95 Å². The quantitative estimate of drug-likeness (QED) is 0.678. The van der Waals surface area contributed by atoms with E-state index in [1.165, 1.54) is 5.69 Å². The average molecular weight is 380 g/mol. The summed E-state index contributed by atoms with van der Waals surface area (Å²) in [7, 11) is 2.03. The van der Waals surface area contributed by atoms with Crippen LogP contribution in [0.25, 0.3) is 0 Å². The first-order valence-electron chi connectivity index (χ1n) is 9.08. The van der Waals surface area contributed by atoms with E-state index in [1.54, 1.807) is 0 Å². The molecular weight excluding hydrogens is 358 g/mol. The van der Waals surface area contributed by atoms with Gasteiger partial charge in [0.05, 0.1) is 0 Å². The minimum Gasteiger partial charge on any atom is -0.368 e. The molecule has 1 aliphatic heterocycles. The number of anilines is 4. The van der Waals surface area contributed by atoms with E-state index in [1.807, 2.05) is 55.7 Å². The van der Waals surface area contributed by atoms with E-state index in [0.717, 1.165) is 48.7 Å². The molecule has 27 heavy (non-hydrogen) atoms. The molecule has 0 amide bonds. The Kier molecular flexibility index (Phi) is 5.12. The summed E-state index contributed by atoms with van der Waals surface area (Å²) in [6.45, 7) is 3.60. The highest BCUT2D eigenvalue weighted by Crippen LogP contribution is 2.24. The number of nitrogens with zero attached hydrogens (tertiary/aromatic N) is 5. The molecule has 0 radical (unpaired) electrons. The predicted molar refractivity (Wildman–Crippen MR) is 112 cm³/mol. The summed E-state index contributed by atoms with van der Waals surface area (Å²) >= 11 is 6.12. The van der Waals surface area contributed by atoms with E-state index in [2.05, 4.69) is 37.9 Å². The highest BCUT2D eigenvalue weighted by Gasteiger charge is 2.20. The van der Waals surface area contributed by atoms with Gasteiger partial charge in [-0.05, 0) is 36.4 Å². The molecule has 3 aromatic rings. The van der Waals surface area contributed by atoms with Crippen LogP contribution in [0.5, 0.6) is 0 Å². The second kappa shape index (κ2) is 7.84. The Labute approximate surface area is 164 Å². The minimum absolute atomic E-state index is 0.773. The van der Waals surface area contributed by atoms with Gasteiger partial charge in [-0.1, -0.05) is 35.9 Å². The number of benzene rings is 2. The van der Waals surface area contributed by atoms with Crippen LogP contribution in [0, 0.1) is 0 Å². The van der Waals surface area contributed by atoms with Crippen molar-refractivity contribution >= 4 is 34.7 Å². The zero-order valence-corrected chi connectivity index (χ0v) is 16.0. The lowest BCUT2D eigenvalue weighted by molar-refractivity contribution is 0.640. The molecule has 1 fully saturated rings. The summed E-state index contributed by atoms with van der Waals surface area (Å²) in [6.07, 6.45) is 1.83. The van der Waals surface area contributed by atoms with Crippen LogP contribution in [-0.2, 0) is 0 Å². The number of aromatic nitrogens is 2. The summed E-state index contributed by atoms with van der Waals surface area (Å²) in [5, 5.41) is 0.773. The van der Waals surface area contributed by atoms with Crippen molar-refractivity contribution in [2.75, 3.05) is 47.9 Å². The molecule has 0 bridgehead atoms. The predicted octanol–water partition coefficient (Wildman–Crippen LogP) is 4.22. The van der Waals surface area contributed by atoms with Crippen LogP contribution in [0.3, 0.4) is 0 Å². The van der Waals surface area contributed by atoms with Crippen LogP contribution in [0.2, 0.25) is 5.02 Å². The fourth-order valence-electron chi connectivity index (χ4n) is 3.30. The second-order valence-electron chi connectivity index (χ2n) is 6.56. The van der Waals surface area contributed by atoms with Gasteiger partial charge < -0.3 is 14.7 Å². The van der Waals surface area contributed by atoms with E-state index in [9.17, 15) is 0 Å². The molecule has 6 heteroatoms. The number of hydrogen-bond acceptors (Lipinski definition) is 5.